The Balaban J connectivity index is 2.65. The predicted molar refractivity (Wildman–Crippen MR) is 68.1 cm³/mol. The van der Waals surface area contributed by atoms with Crippen LogP contribution in [0.15, 0.2) is 29.2 Å². The van der Waals surface area contributed by atoms with Gasteiger partial charge in [0.25, 0.3) is 0 Å². The summed E-state index contributed by atoms with van der Waals surface area (Å²) < 4.78 is 26.0. The maximum Gasteiger partial charge on any atom is 0.240 e. The Morgan fingerprint density at radius 3 is 2.39 bits per heavy atom. The summed E-state index contributed by atoms with van der Waals surface area (Å²) in [6.07, 6.45) is 0.0954. The van der Waals surface area contributed by atoms with Crippen molar-refractivity contribution in [1.82, 2.24) is 10.0 Å². The average molecular weight is 272 g/mol. The molecule has 0 fully saturated rings. The summed E-state index contributed by atoms with van der Waals surface area (Å²) in [6.45, 7) is 0.0545. The Morgan fingerprint density at radius 1 is 1.28 bits per heavy atom. The standard InChI is InChI=1S/C10H16N4O3S/c1-12-10(15)6-7-13-18(16,17)9-4-2-8(14-11)3-5-9/h2-5,13-14H,6-7,11H2,1H3,(H,12,15). The molecule has 1 aromatic carbocycles. The maximum absolute atomic E-state index is 11.8. The number of nitrogens with two attached hydrogens (primary N) is 1. The Kier molecular flexibility index (Phi) is 5.08. The smallest absolute Gasteiger partial charge is 0.240 e. The van der Waals surface area contributed by atoms with Crippen LogP contribution in [0.25, 0.3) is 0 Å². The van der Waals surface area contributed by atoms with E-state index < -0.39 is 10.0 Å². The molecule has 1 aromatic rings. The molecule has 0 saturated carbocycles. The largest absolute Gasteiger partial charge is 0.359 e. The molecule has 0 atom stereocenters. The molecule has 0 bridgehead atoms. The van der Waals surface area contributed by atoms with Crippen molar-refractivity contribution >= 4 is 21.6 Å². The van der Waals surface area contributed by atoms with Crippen molar-refractivity contribution in [2.75, 3.05) is 19.0 Å². The first-order valence-electron chi connectivity index (χ1n) is 5.26. The Labute approximate surface area is 106 Å². The molecule has 0 aliphatic carbocycles. The van der Waals surface area contributed by atoms with Gasteiger partial charge in [-0.15, -0.1) is 0 Å². The van der Waals surface area contributed by atoms with E-state index in [1.54, 1.807) is 12.1 Å². The highest BCUT2D eigenvalue weighted by Gasteiger charge is 2.13. The second kappa shape index (κ2) is 6.34. The number of benzene rings is 1. The predicted octanol–water partition coefficient (Wildman–Crippen LogP) is -0.613. The fraction of sp³-hybridized carbons (Fsp3) is 0.300. The summed E-state index contributed by atoms with van der Waals surface area (Å²) in [6, 6.07) is 5.95. The molecular formula is C10H16N4O3S. The lowest BCUT2D eigenvalue weighted by atomic mass is 10.3. The van der Waals surface area contributed by atoms with E-state index >= 15 is 0 Å². The number of nitrogens with one attached hydrogen (secondary N) is 3. The van der Waals surface area contributed by atoms with Crippen LogP contribution in [0.4, 0.5) is 5.69 Å². The number of hydrazine groups is 1. The van der Waals surface area contributed by atoms with Gasteiger partial charge in [0.15, 0.2) is 0 Å². The van der Waals surface area contributed by atoms with E-state index in [1.807, 2.05) is 0 Å². The van der Waals surface area contributed by atoms with Crippen molar-refractivity contribution in [3.8, 4) is 0 Å². The van der Waals surface area contributed by atoms with Gasteiger partial charge in [0.2, 0.25) is 15.9 Å². The molecule has 0 aliphatic rings. The Morgan fingerprint density at radius 2 is 1.89 bits per heavy atom. The van der Waals surface area contributed by atoms with Crippen molar-refractivity contribution in [2.45, 2.75) is 11.3 Å². The van der Waals surface area contributed by atoms with Crippen molar-refractivity contribution in [1.29, 1.82) is 0 Å². The molecule has 7 nitrogen and oxygen atoms in total. The average Bonchev–Trinajstić information content (AvgIpc) is 2.38. The fourth-order valence-electron chi connectivity index (χ4n) is 1.24. The lowest BCUT2D eigenvalue weighted by Crippen LogP contribution is -2.29. The molecule has 18 heavy (non-hydrogen) atoms. The number of hydrogen-bond acceptors (Lipinski definition) is 5. The second-order valence-electron chi connectivity index (χ2n) is 3.49. The van der Waals surface area contributed by atoms with Gasteiger partial charge in [-0.3, -0.25) is 10.6 Å². The van der Waals surface area contributed by atoms with Crippen LogP contribution in [0.1, 0.15) is 6.42 Å². The van der Waals surface area contributed by atoms with Gasteiger partial charge in [0, 0.05) is 25.7 Å². The van der Waals surface area contributed by atoms with Crippen LogP contribution in [-0.4, -0.2) is 27.9 Å². The van der Waals surface area contributed by atoms with Gasteiger partial charge in [0.05, 0.1) is 4.90 Å². The number of carbonyl (C=O) groups excluding carboxylic acids is 1. The molecule has 0 saturated heterocycles. The third-order valence-corrected chi connectivity index (χ3v) is 3.73. The van der Waals surface area contributed by atoms with Crippen LogP contribution in [-0.2, 0) is 14.8 Å². The zero-order valence-corrected chi connectivity index (χ0v) is 10.8. The van der Waals surface area contributed by atoms with Gasteiger partial charge in [-0.1, -0.05) is 0 Å². The fourth-order valence-corrected chi connectivity index (χ4v) is 2.27. The molecule has 5 N–H and O–H groups in total. The molecule has 0 aromatic heterocycles. The molecule has 0 spiro atoms. The van der Waals surface area contributed by atoms with E-state index in [2.05, 4.69) is 15.5 Å². The summed E-state index contributed by atoms with van der Waals surface area (Å²) in [5, 5.41) is 2.41. The third-order valence-electron chi connectivity index (χ3n) is 2.25. The van der Waals surface area contributed by atoms with Crippen molar-refractivity contribution in [2.24, 2.45) is 5.84 Å². The van der Waals surface area contributed by atoms with E-state index in [9.17, 15) is 13.2 Å². The quantitative estimate of drug-likeness (QED) is 0.407. The molecule has 0 heterocycles. The zero-order valence-electron chi connectivity index (χ0n) is 9.93. The van der Waals surface area contributed by atoms with Crippen molar-refractivity contribution in [3.05, 3.63) is 24.3 Å². The topological polar surface area (TPSA) is 113 Å². The summed E-state index contributed by atoms with van der Waals surface area (Å²) in [5.41, 5.74) is 3.01. The van der Waals surface area contributed by atoms with Gasteiger partial charge in [-0.05, 0) is 24.3 Å². The van der Waals surface area contributed by atoms with E-state index in [-0.39, 0.29) is 23.8 Å². The number of rotatable bonds is 6. The number of sulfonamides is 1. The van der Waals surface area contributed by atoms with Crippen LogP contribution < -0.4 is 21.3 Å². The Bertz CT molecular complexity index is 498. The number of anilines is 1. The number of hydrogen-bond donors (Lipinski definition) is 4. The molecule has 1 rings (SSSR count). The van der Waals surface area contributed by atoms with Gasteiger partial charge in [-0.2, -0.15) is 0 Å². The summed E-state index contributed by atoms with van der Waals surface area (Å²) in [5.74, 6) is 4.96. The van der Waals surface area contributed by atoms with Crippen LogP contribution >= 0.6 is 0 Å². The molecule has 1 amide bonds. The van der Waals surface area contributed by atoms with Gasteiger partial charge in [0.1, 0.15) is 0 Å². The van der Waals surface area contributed by atoms with Gasteiger partial charge < -0.3 is 10.7 Å². The number of nitrogen functional groups attached to an aromatic ring is 1. The maximum atomic E-state index is 11.8. The molecule has 100 valence electrons. The molecule has 0 aliphatic heterocycles. The van der Waals surface area contributed by atoms with E-state index in [0.717, 1.165) is 0 Å². The molecule has 8 heteroatoms. The molecule has 0 unspecified atom stereocenters. The van der Waals surface area contributed by atoms with E-state index in [1.165, 1.54) is 19.2 Å². The minimum Gasteiger partial charge on any atom is -0.359 e. The van der Waals surface area contributed by atoms with E-state index in [0.29, 0.717) is 5.69 Å². The minimum absolute atomic E-state index is 0.0545. The van der Waals surface area contributed by atoms with Crippen molar-refractivity contribution in [3.63, 3.8) is 0 Å². The van der Waals surface area contributed by atoms with Crippen molar-refractivity contribution < 1.29 is 13.2 Å². The van der Waals surface area contributed by atoms with Crippen LogP contribution in [0.5, 0.6) is 0 Å². The highest BCUT2D eigenvalue weighted by molar-refractivity contribution is 7.89. The normalized spacial score (nSPS) is 11.0. The summed E-state index contributed by atoms with van der Waals surface area (Å²) >= 11 is 0. The van der Waals surface area contributed by atoms with Crippen LogP contribution in [0, 0.1) is 0 Å². The third kappa shape index (κ3) is 3.99. The number of amides is 1. The first-order chi connectivity index (χ1) is 8.49. The lowest BCUT2D eigenvalue weighted by Gasteiger charge is -2.07. The van der Waals surface area contributed by atoms with Gasteiger partial charge >= 0.3 is 0 Å². The number of carbonyl (C=O) groups is 1. The second-order valence-corrected chi connectivity index (χ2v) is 5.26. The first kappa shape index (κ1) is 14.4. The monoisotopic (exact) mass is 272 g/mol. The highest BCUT2D eigenvalue weighted by atomic mass is 32.2. The summed E-state index contributed by atoms with van der Waals surface area (Å²) in [7, 11) is -2.09. The Hall–Kier alpha value is -1.64. The lowest BCUT2D eigenvalue weighted by molar-refractivity contribution is -0.120. The van der Waals surface area contributed by atoms with Crippen LogP contribution in [0.2, 0.25) is 0 Å². The highest BCUT2D eigenvalue weighted by Crippen LogP contribution is 2.12. The minimum atomic E-state index is -3.59. The zero-order chi connectivity index (χ0) is 13.6. The van der Waals surface area contributed by atoms with Gasteiger partial charge in [-0.25, -0.2) is 13.1 Å². The SMILES string of the molecule is CNC(=O)CCNS(=O)(=O)c1ccc(NN)cc1. The molecular weight excluding hydrogens is 256 g/mol. The van der Waals surface area contributed by atoms with E-state index in [4.69, 9.17) is 5.84 Å². The first-order valence-corrected chi connectivity index (χ1v) is 6.75. The summed E-state index contributed by atoms with van der Waals surface area (Å²) in [4.78, 5) is 11.1. The molecule has 0 radical (unpaired) electrons. The van der Waals surface area contributed by atoms with Crippen LogP contribution in [0.3, 0.4) is 0 Å².